The molecule has 1 aromatic rings. The first-order valence-corrected chi connectivity index (χ1v) is 5.03. The highest BCUT2D eigenvalue weighted by molar-refractivity contribution is 5.90. The average molecular weight is 203 g/mol. The molecule has 0 bridgehead atoms. The van der Waals surface area contributed by atoms with Gasteiger partial charge in [0.25, 0.3) is 5.91 Å². The van der Waals surface area contributed by atoms with Crippen molar-refractivity contribution in [2.75, 3.05) is 6.54 Å². The van der Waals surface area contributed by atoms with Gasteiger partial charge in [0.1, 0.15) is 0 Å². The fraction of sp³-hybridized carbons (Fsp3) is 0.364. The highest BCUT2D eigenvalue weighted by atomic mass is 16.2. The summed E-state index contributed by atoms with van der Waals surface area (Å²) in [6.45, 7) is 3.97. The van der Waals surface area contributed by atoms with Crippen molar-refractivity contribution in [3.05, 3.63) is 36.4 Å². The molecule has 15 heavy (non-hydrogen) atoms. The molecule has 0 unspecified atom stereocenters. The van der Waals surface area contributed by atoms with Gasteiger partial charge in [-0.25, -0.2) is 9.97 Å². The van der Waals surface area contributed by atoms with E-state index in [1.807, 2.05) is 6.07 Å². The van der Waals surface area contributed by atoms with Crippen LogP contribution in [0.4, 0.5) is 0 Å². The van der Waals surface area contributed by atoms with Gasteiger partial charge in [-0.15, -0.1) is 6.58 Å². The third kappa shape index (κ3) is 2.40. The highest BCUT2D eigenvalue weighted by Gasteiger charge is 2.25. The van der Waals surface area contributed by atoms with Gasteiger partial charge in [0.2, 0.25) is 5.82 Å². The first-order chi connectivity index (χ1) is 7.31. The minimum absolute atomic E-state index is 0.239. The van der Waals surface area contributed by atoms with Crippen LogP contribution in [0.25, 0.3) is 0 Å². The van der Waals surface area contributed by atoms with Gasteiger partial charge >= 0.3 is 0 Å². The molecule has 1 amide bonds. The zero-order valence-corrected chi connectivity index (χ0v) is 8.44. The van der Waals surface area contributed by atoms with Crippen molar-refractivity contribution in [1.82, 2.24) is 15.3 Å². The first kappa shape index (κ1) is 9.83. The number of nitrogens with zero attached hydrogens (tertiary/aromatic N) is 2. The lowest BCUT2D eigenvalue weighted by Crippen LogP contribution is -2.25. The Morgan fingerprint density at radius 2 is 2.47 bits per heavy atom. The highest BCUT2D eigenvalue weighted by Crippen LogP contribution is 2.38. The second-order valence-electron chi connectivity index (χ2n) is 3.58. The second-order valence-corrected chi connectivity index (χ2v) is 3.58. The molecule has 1 aliphatic carbocycles. The summed E-state index contributed by atoms with van der Waals surface area (Å²) >= 11 is 0. The van der Waals surface area contributed by atoms with E-state index < -0.39 is 0 Å². The Morgan fingerprint density at radius 1 is 1.67 bits per heavy atom. The molecule has 2 rings (SSSR count). The van der Waals surface area contributed by atoms with Crippen molar-refractivity contribution in [2.45, 2.75) is 18.8 Å². The van der Waals surface area contributed by atoms with Gasteiger partial charge in [-0.05, 0) is 18.9 Å². The number of aromatic nitrogens is 2. The summed E-state index contributed by atoms with van der Waals surface area (Å²) in [5.74, 6) is 0.553. The predicted molar refractivity (Wildman–Crippen MR) is 56.5 cm³/mol. The monoisotopic (exact) mass is 203 g/mol. The van der Waals surface area contributed by atoms with Gasteiger partial charge in [0, 0.05) is 24.4 Å². The lowest BCUT2D eigenvalue weighted by Gasteiger charge is -2.02. The van der Waals surface area contributed by atoms with Gasteiger partial charge in [0.15, 0.2) is 0 Å². The number of carbonyl (C=O) groups is 1. The van der Waals surface area contributed by atoms with Crippen LogP contribution >= 0.6 is 0 Å². The summed E-state index contributed by atoms with van der Waals surface area (Å²) in [6, 6.07) is 1.88. The summed E-state index contributed by atoms with van der Waals surface area (Å²) in [4.78, 5) is 19.7. The minimum atomic E-state index is -0.239. The Balaban J connectivity index is 2.09. The number of rotatable bonds is 4. The molecular weight excluding hydrogens is 190 g/mol. The van der Waals surface area contributed by atoms with Crippen LogP contribution in [-0.2, 0) is 0 Å². The molecule has 1 N–H and O–H groups in total. The molecule has 0 atom stereocenters. The molecular formula is C11H13N3O. The van der Waals surface area contributed by atoms with Crippen LogP contribution in [0.2, 0.25) is 0 Å². The Morgan fingerprint density at radius 3 is 3.13 bits per heavy atom. The van der Waals surface area contributed by atoms with Crippen molar-refractivity contribution >= 4 is 5.91 Å². The zero-order chi connectivity index (χ0) is 10.7. The van der Waals surface area contributed by atoms with Gasteiger partial charge in [-0.2, -0.15) is 0 Å². The van der Waals surface area contributed by atoms with E-state index in [-0.39, 0.29) is 11.7 Å². The van der Waals surface area contributed by atoms with Crippen molar-refractivity contribution in [2.24, 2.45) is 0 Å². The average Bonchev–Trinajstić information content (AvgIpc) is 3.10. The maximum Gasteiger partial charge on any atom is 0.289 e. The van der Waals surface area contributed by atoms with Crippen molar-refractivity contribution < 1.29 is 4.79 Å². The smallest absolute Gasteiger partial charge is 0.289 e. The van der Waals surface area contributed by atoms with Crippen LogP contribution in [0.1, 0.15) is 35.1 Å². The van der Waals surface area contributed by atoms with E-state index in [1.165, 1.54) is 12.8 Å². The van der Waals surface area contributed by atoms with Gasteiger partial charge in [0.05, 0.1) is 0 Å². The van der Waals surface area contributed by atoms with E-state index in [1.54, 1.807) is 12.3 Å². The molecule has 1 aliphatic rings. The summed E-state index contributed by atoms with van der Waals surface area (Å²) in [5, 5.41) is 2.65. The number of nitrogens with one attached hydrogen (secondary N) is 1. The summed E-state index contributed by atoms with van der Waals surface area (Å²) in [6.07, 6.45) is 5.61. The minimum Gasteiger partial charge on any atom is -0.346 e. The maximum atomic E-state index is 11.5. The van der Waals surface area contributed by atoms with Crippen LogP contribution < -0.4 is 5.32 Å². The SMILES string of the molecule is C=CCNC(=O)c1nccc(C2CC2)n1. The van der Waals surface area contributed by atoms with E-state index in [0.717, 1.165) is 5.69 Å². The first-order valence-electron chi connectivity index (χ1n) is 5.03. The van der Waals surface area contributed by atoms with Crippen LogP contribution in [0.5, 0.6) is 0 Å². The number of carbonyl (C=O) groups excluding carboxylic acids is 1. The molecule has 1 saturated carbocycles. The fourth-order valence-corrected chi connectivity index (χ4v) is 1.33. The van der Waals surface area contributed by atoms with Crippen LogP contribution in [0.3, 0.4) is 0 Å². The molecule has 4 heteroatoms. The second kappa shape index (κ2) is 4.21. The standard InChI is InChI=1S/C11H13N3O/c1-2-6-13-11(15)10-12-7-5-9(14-10)8-3-4-8/h2,5,7-8H,1,3-4,6H2,(H,13,15). The Bertz CT molecular complexity index is 385. The van der Waals surface area contributed by atoms with E-state index in [4.69, 9.17) is 0 Å². The number of hydrogen-bond donors (Lipinski definition) is 1. The Labute approximate surface area is 88.4 Å². The molecule has 0 aliphatic heterocycles. The largest absolute Gasteiger partial charge is 0.346 e. The van der Waals surface area contributed by atoms with Gasteiger partial charge in [-0.1, -0.05) is 6.08 Å². The fourth-order valence-electron chi connectivity index (χ4n) is 1.33. The topological polar surface area (TPSA) is 54.9 Å². The van der Waals surface area contributed by atoms with Gasteiger partial charge < -0.3 is 5.32 Å². The summed E-state index contributed by atoms with van der Waals surface area (Å²) in [5.41, 5.74) is 0.980. The lowest BCUT2D eigenvalue weighted by molar-refractivity contribution is 0.0947. The van der Waals surface area contributed by atoms with E-state index >= 15 is 0 Å². The molecule has 0 spiro atoms. The number of hydrogen-bond acceptors (Lipinski definition) is 3. The normalized spacial score (nSPS) is 14.7. The molecule has 1 fully saturated rings. The van der Waals surface area contributed by atoms with E-state index in [2.05, 4.69) is 21.9 Å². The van der Waals surface area contributed by atoms with Crippen molar-refractivity contribution in [3.8, 4) is 0 Å². The molecule has 78 valence electrons. The third-order valence-electron chi connectivity index (χ3n) is 2.28. The van der Waals surface area contributed by atoms with Crippen LogP contribution in [0.15, 0.2) is 24.9 Å². The third-order valence-corrected chi connectivity index (χ3v) is 2.28. The Kier molecular flexibility index (Phi) is 2.76. The van der Waals surface area contributed by atoms with E-state index in [9.17, 15) is 4.79 Å². The van der Waals surface area contributed by atoms with E-state index in [0.29, 0.717) is 12.5 Å². The van der Waals surface area contributed by atoms with Crippen LogP contribution in [-0.4, -0.2) is 22.4 Å². The van der Waals surface area contributed by atoms with Crippen molar-refractivity contribution in [3.63, 3.8) is 0 Å². The van der Waals surface area contributed by atoms with Crippen molar-refractivity contribution in [1.29, 1.82) is 0 Å². The Hall–Kier alpha value is -1.71. The maximum absolute atomic E-state index is 11.5. The van der Waals surface area contributed by atoms with Crippen LogP contribution in [0, 0.1) is 0 Å². The quantitative estimate of drug-likeness (QED) is 0.750. The number of amides is 1. The molecule has 0 radical (unpaired) electrons. The lowest BCUT2D eigenvalue weighted by atomic mass is 10.3. The summed E-state index contributed by atoms with van der Waals surface area (Å²) in [7, 11) is 0. The molecule has 1 heterocycles. The molecule has 0 aromatic carbocycles. The molecule has 0 saturated heterocycles. The summed E-state index contributed by atoms with van der Waals surface area (Å²) < 4.78 is 0. The van der Waals surface area contributed by atoms with Gasteiger partial charge in [-0.3, -0.25) is 4.79 Å². The zero-order valence-electron chi connectivity index (χ0n) is 8.44. The molecule has 1 aromatic heterocycles. The predicted octanol–water partition coefficient (Wildman–Crippen LogP) is 1.27. The molecule has 4 nitrogen and oxygen atoms in total.